The highest BCUT2D eigenvalue weighted by atomic mass is 35.5. The molecule has 2 unspecified atom stereocenters. The standard InChI is InChI=1S/C75H88Cl2N6O25/c1-7-33(18-31(3)4)69(97)82-60-47(88)22-38(25-54(78)90)70(98)80-58-37-23-51(104-49-14-11-35(62(60)92)20-43(49)76)66(108-74-67(65(95)64(94)53(30-84)106-74)107-56-29-75(6,68(96)32(5)103-56)16-9-17-79-55(91)8-2)52(24-37)105-50-15-12-36(21-44(50)77)63(93)61-72(100)81-59(73(101)102)42-26-39(85)27-46(87)57(42)41-19-34(10-13-45(41)86)40(28-48(58)89)71(99)83-61/h10-15,19-21,23-24,26-27,31-33,38,40,53,56,58-65,67-68,74,84-87,92-96H,7-9,16-18,22,25,28-30H2,1-6H3,(H2,78,90)(H,79,91)(H,80,98)(H,81,100)(H,82,97)(H,83,99)(H,101,102)/t32-,33+,38-,40+,53+,56?,58+,59+,60-,61-,62+,63+,64+,65-,67?,68+,74-,75-/m0/s1. The van der Waals surface area contributed by atoms with Crippen molar-refractivity contribution in [2.75, 3.05) is 13.2 Å². The van der Waals surface area contributed by atoms with E-state index in [4.69, 9.17) is 57.4 Å². The molecule has 0 spiro atoms. The molecule has 18 atom stereocenters. The summed E-state index contributed by atoms with van der Waals surface area (Å²) in [7, 11) is 0. The average molecular weight is 1540 g/mol. The molecule has 582 valence electrons. The Hall–Kier alpha value is -9.25. The topological polar surface area (TPSA) is 497 Å². The van der Waals surface area contributed by atoms with Gasteiger partial charge in [-0.1, -0.05) is 76.0 Å². The van der Waals surface area contributed by atoms with Crippen LogP contribution in [0.5, 0.6) is 46.0 Å². The number of benzene rings is 5. The second-order valence-electron chi connectivity index (χ2n) is 28.5. The molecular weight excluding hydrogens is 1460 g/mol. The summed E-state index contributed by atoms with van der Waals surface area (Å²) in [6, 6.07) is 5.67. The van der Waals surface area contributed by atoms with Crippen molar-refractivity contribution in [3.8, 4) is 57.1 Å². The van der Waals surface area contributed by atoms with Gasteiger partial charge in [0.25, 0.3) is 0 Å². The third-order valence-corrected chi connectivity index (χ3v) is 20.8. The van der Waals surface area contributed by atoms with Gasteiger partial charge < -0.3 is 112 Å². The van der Waals surface area contributed by atoms with Gasteiger partial charge in [-0.3, -0.25) is 38.4 Å². The van der Waals surface area contributed by atoms with Crippen molar-refractivity contribution in [2.24, 2.45) is 28.9 Å². The monoisotopic (exact) mass is 1540 g/mol. The number of nitrogens with one attached hydrogen (secondary N) is 5. The number of carbonyl (C=O) groups excluding carboxylic acids is 8. The van der Waals surface area contributed by atoms with Crippen molar-refractivity contribution in [3.63, 3.8) is 0 Å². The summed E-state index contributed by atoms with van der Waals surface area (Å²) in [6.07, 6.45) is -18.6. The number of Topliss-reactive ketones (excluding diaryl/α,β-unsaturated/α-hetero) is 2. The summed E-state index contributed by atoms with van der Waals surface area (Å²) < 4.78 is 39.2. The van der Waals surface area contributed by atoms with Gasteiger partial charge in [-0.2, -0.15) is 0 Å². The highest BCUT2D eigenvalue weighted by molar-refractivity contribution is 6.32. The number of hydrogen-bond donors (Lipinski definition) is 16. The van der Waals surface area contributed by atoms with Gasteiger partial charge in [0, 0.05) is 72.7 Å². The van der Waals surface area contributed by atoms with Crippen LogP contribution in [0.4, 0.5) is 0 Å². The first-order valence-electron chi connectivity index (χ1n) is 35.3. The number of aliphatic hydroxyl groups excluding tert-OH is 6. The highest BCUT2D eigenvalue weighted by Gasteiger charge is 2.52. The third-order valence-electron chi connectivity index (χ3n) is 20.2. The zero-order valence-corrected chi connectivity index (χ0v) is 61.1. The maximum absolute atomic E-state index is 16.3. The first kappa shape index (κ1) is 81.3. The Bertz CT molecular complexity index is 4280. The van der Waals surface area contributed by atoms with E-state index in [1.807, 2.05) is 13.8 Å². The first-order valence-corrected chi connectivity index (χ1v) is 36.1. The smallest absolute Gasteiger partial charge is 0.330 e. The SMILES string of the molecule is CCC(=O)NCCC[C@@]1(C)CC(OC2[C@H](Oc3c4cc5cc3Oc3ccc(cc3Cl)[C@@H](O)[C@@H](NC(=O)[C@H](CC)CC(C)C)C(=O)C[C@@H](CC(N)=O)C(=O)N[C@H]5C(=O)C[C@H]3C(=O)N[C@H](C(=O)N[C@@H](C(=O)O)c5cc(O)cc(O)c5-c5cc3ccc5O)[C@H](O)c3ccc(c(Cl)c3)O4)O[C@H](CO)[C@@H](O)[C@@H]2O)O[C@@H](C)[C@H]1O. The van der Waals surface area contributed by atoms with E-state index < -0.39 is 238 Å². The molecule has 12 rings (SSSR count). The number of aromatic hydroxyl groups is 3. The van der Waals surface area contributed by atoms with Crippen molar-refractivity contribution in [3.05, 3.63) is 117 Å². The lowest BCUT2D eigenvalue weighted by atomic mass is 9.73. The number of rotatable bonds is 18. The number of carboxylic acid groups (broad SMARTS) is 1. The molecule has 5 aromatic rings. The Balaban J connectivity index is 1.22. The molecule has 0 aliphatic carbocycles. The van der Waals surface area contributed by atoms with Gasteiger partial charge in [0.2, 0.25) is 47.5 Å². The minimum atomic E-state index is -2.25. The molecule has 2 fully saturated rings. The molecule has 7 heterocycles. The molecule has 33 heteroatoms. The van der Waals surface area contributed by atoms with Gasteiger partial charge in [0.1, 0.15) is 77.4 Å². The Morgan fingerprint density at radius 2 is 1.39 bits per heavy atom. The number of aliphatic carboxylic acids is 1. The van der Waals surface area contributed by atoms with E-state index in [0.717, 1.165) is 54.6 Å². The summed E-state index contributed by atoms with van der Waals surface area (Å²) in [5.41, 5.74) is 2.41. The van der Waals surface area contributed by atoms with Gasteiger partial charge in [0.15, 0.2) is 41.5 Å². The molecule has 6 amide bonds. The highest BCUT2D eigenvalue weighted by Crippen LogP contribution is 2.51. The van der Waals surface area contributed by atoms with Gasteiger partial charge >= 0.3 is 5.97 Å². The van der Waals surface area contributed by atoms with Crippen LogP contribution in [0.25, 0.3) is 11.1 Å². The molecule has 5 aromatic carbocycles. The van der Waals surface area contributed by atoms with Crippen molar-refractivity contribution in [2.45, 2.75) is 191 Å². The number of ether oxygens (including phenoxy) is 6. The van der Waals surface area contributed by atoms with E-state index in [2.05, 4.69) is 26.6 Å². The number of fused-ring (bicyclic) bond motifs is 15. The van der Waals surface area contributed by atoms with Crippen LogP contribution in [-0.2, 0) is 57.4 Å². The number of aliphatic hydroxyl groups is 6. The number of amides is 6. The number of nitrogens with two attached hydrogens (primary N) is 1. The molecule has 0 saturated carbocycles. The number of primary amides is 1. The Labute approximate surface area is 629 Å². The lowest BCUT2D eigenvalue weighted by Gasteiger charge is -2.48. The van der Waals surface area contributed by atoms with E-state index in [9.17, 15) is 75.0 Å². The number of phenolic OH excluding ortho intramolecular Hbond substituents is 3. The normalized spacial score (nSPS) is 28.4. The van der Waals surface area contributed by atoms with Crippen LogP contribution in [0.3, 0.4) is 0 Å². The fraction of sp³-hybridized carbons (Fsp3) is 0.480. The van der Waals surface area contributed by atoms with E-state index >= 15 is 19.2 Å². The predicted molar refractivity (Wildman–Crippen MR) is 381 cm³/mol. The second kappa shape index (κ2) is 34.1. The fourth-order valence-corrected chi connectivity index (χ4v) is 14.8. The fourth-order valence-electron chi connectivity index (χ4n) is 14.4. The lowest BCUT2D eigenvalue weighted by Crippen LogP contribution is -2.62. The summed E-state index contributed by atoms with van der Waals surface area (Å²) in [4.78, 5) is 130. The predicted octanol–water partition coefficient (Wildman–Crippen LogP) is 5.12. The van der Waals surface area contributed by atoms with E-state index in [1.54, 1.807) is 27.7 Å². The van der Waals surface area contributed by atoms with Crippen molar-refractivity contribution >= 4 is 76.2 Å². The Morgan fingerprint density at radius 3 is 1.99 bits per heavy atom. The summed E-state index contributed by atoms with van der Waals surface area (Å²) >= 11 is 14.3. The number of carbonyl (C=O) groups is 9. The summed E-state index contributed by atoms with van der Waals surface area (Å²) in [5, 5.41) is 128. The van der Waals surface area contributed by atoms with Crippen molar-refractivity contribution in [1.82, 2.24) is 26.6 Å². The van der Waals surface area contributed by atoms with Crippen LogP contribution in [0.2, 0.25) is 10.0 Å². The maximum atomic E-state index is 16.3. The Kier molecular flexibility index (Phi) is 25.7. The van der Waals surface area contributed by atoms with Gasteiger partial charge in [-0.05, 0) is 115 Å². The molecule has 17 N–H and O–H groups in total. The molecule has 2 saturated heterocycles. The molecule has 0 radical (unpaired) electrons. The van der Waals surface area contributed by atoms with Crippen molar-refractivity contribution < 1.29 is 123 Å². The van der Waals surface area contributed by atoms with Crippen LogP contribution < -0.4 is 46.5 Å². The van der Waals surface area contributed by atoms with E-state index in [1.165, 1.54) is 24.3 Å². The number of halogens is 2. The number of phenols is 3. The third kappa shape index (κ3) is 17.9. The number of carboxylic acids is 1. The maximum Gasteiger partial charge on any atom is 0.330 e. The van der Waals surface area contributed by atoms with Crippen LogP contribution >= 0.6 is 23.2 Å². The number of ketones is 2. The molecule has 108 heavy (non-hydrogen) atoms. The zero-order valence-electron chi connectivity index (χ0n) is 59.6. The summed E-state index contributed by atoms with van der Waals surface area (Å²) in [6.45, 7) is 9.83. The van der Waals surface area contributed by atoms with Crippen LogP contribution in [-0.4, -0.2) is 178 Å². The van der Waals surface area contributed by atoms with Crippen LogP contribution in [0, 0.1) is 23.2 Å². The molecular formula is C75H88Cl2N6O25. The molecule has 7 aliphatic heterocycles. The average Bonchev–Trinajstić information content (AvgIpc) is 0.767. The lowest BCUT2D eigenvalue weighted by molar-refractivity contribution is -0.339. The minimum Gasteiger partial charge on any atom is -0.508 e. The molecule has 11 bridgehead atoms. The molecule has 7 aliphatic rings. The quantitative estimate of drug-likeness (QED) is 0.0506. The van der Waals surface area contributed by atoms with Crippen molar-refractivity contribution in [1.29, 1.82) is 0 Å². The second-order valence-corrected chi connectivity index (χ2v) is 29.3. The first-order chi connectivity index (χ1) is 51.1. The molecule has 0 aromatic heterocycles. The van der Waals surface area contributed by atoms with Crippen LogP contribution in [0.1, 0.15) is 157 Å². The van der Waals surface area contributed by atoms with E-state index in [0.29, 0.717) is 19.3 Å². The minimum absolute atomic E-state index is 0.0210. The Morgan fingerprint density at radius 1 is 0.741 bits per heavy atom. The largest absolute Gasteiger partial charge is 0.508 e. The van der Waals surface area contributed by atoms with Gasteiger partial charge in [0.05, 0.1) is 40.7 Å². The summed E-state index contributed by atoms with van der Waals surface area (Å²) in [5.74, 6) is -19.2. The zero-order chi connectivity index (χ0) is 78.7. The molecule has 31 nitrogen and oxygen atoms in total. The van der Waals surface area contributed by atoms with Gasteiger partial charge in [-0.15, -0.1) is 0 Å². The van der Waals surface area contributed by atoms with E-state index in [-0.39, 0.29) is 76.4 Å². The van der Waals surface area contributed by atoms with Gasteiger partial charge in [-0.25, -0.2) is 4.79 Å². The number of hydrogen-bond acceptors (Lipinski definition) is 24. The van der Waals surface area contributed by atoms with Crippen LogP contribution in [0.15, 0.2) is 78.9 Å².